The minimum Gasteiger partial charge on any atom is -0.409 e. The summed E-state index contributed by atoms with van der Waals surface area (Å²) in [4.78, 5) is 1.13. The predicted molar refractivity (Wildman–Crippen MR) is 69.0 cm³/mol. The van der Waals surface area contributed by atoms with Crippen LogP contribution in [0.25, 0.3) is 0 Å². The van der Waals surface area contributed by atoms with Crippen molar-refractivity contribution in [2.75, 3.05) is 18.0 Å². The van der Waals surface area contributed by atoms with Crippen molar-refractivity contribution in [3.63, 3.8) is 0 Å². The lowest BCUT2D eigenvalue weighted by molar-refractivity contribution is -0.119. The smallest absolute Gasteiger partial charge is 0.405 e. The number of aryl methyl sites for hydroxylation is 2. The zero-order chi connectivity index (χ0) is 15.5. The van der Waals surface area contributed by atoms with Gasteiger partial charge in [-0.15, -0.1) is 0 Å². The zero-order valence-corrected chi connectivity index (χ0v) is 11.6. The third-order valence-electron chi connectivity index (χ3n) is 2.72. The lowest BCUT2D eigenvalue weighted by Crippen LogP contribution is -2.37. The fourth-order valence-electron chi connectivity index (χ4n) is 2.10. The van der Waals surface area contributed by atoms with Crippen molar-refractivity contribution >= 4 is 11.7 Å². The first-order valence-electron chi connectivity index (χ1n) is 6.04. The van der Waals surface area contributed by atoms with Crippen LogP contribution in [0.15, 0.2) is 5.16 Å². The highest BCUT2D eigenvalue weighted by molar-refractivity contribution is 6.02. The summed E-state index contributed by atoms with van der Waals surface area (Å²) in [6.45, 7) is 2.43. The van der Waals surface area contributed by atoms with E-state index >= 15 is 0 Å². The van der Waals surface area contributed by atoms with Gasteiger partial charge in [-0.1, -0.05) is 12.1 Å². The fraction of sp³-hybridized carbons (Fsp3) is 0.636. The van der Waals surface area contributed by atoms with E-state index in [1.54, 1.807) is 13.8 Å². The maximum atomic E-state index is 12.7. The predicted octanol–water partition coefficient (Wildman–Crippen LogP) is 1.60. The van der Waals surface area contributed by atoms with Crippen molar-refractivity contribution in [2.24, 2.45) is 17.9 Å². The van der Waals surface area contributed by atoms with E-state index in [1.165, 1.54) is 11.7 Å². The molecule has 0 atom stereocenters. The number of oxime groups is 1. The molecule has 0 saturated heterocycles. The molecule has 0 bridgehead atoms. The Morgan fingerprint density at radius 1 is 1.50 bits per heavy atom. The molecule has 0 aliphatic heterocycles. The molecule has 0 radical (unpaired) electrons. The van der Waals surface area contributed by atoms with E-state index in [4.69, 9.17) is 10.9 Å². The lowest BCUT2D eigenvalue weighted by atomic mass is 10.2. The van der Waals surface area contributed by atoms with E-state index < -0.39 is 12.7 Å². The van der Waals surface area contributed by atoms with Crippen LogP contribution in [0.4, 0.5) is 19.0 Å². The van der Waals surface area contributed by atoms with Gasteiger partial charge >= 0.3 is 6.18 Å². The second-order valence-electron chi connectivity index (χ2n) is 4.43. The SMILES string of the molecule is CCCN(CC(F)(F)F)c1c(C(N)=NO)c(C)nn1C. The van der Waals surface area contributed by atoms with Crippen LogP contribution in [0.5, 0.6) is 0 Å². The van der Waals surface area contributed by atoms with Gasteiger partial charge in [0.25, 0.3) is 0 Å². The Balaban J connectivity index is 3.32. The van der Waals surface area contributed by atoms with E-state index in [9.17, 15) is 13.2 Å². The first-order valence-corrected chi connectivity index (χ1v) is 6.04. The number of aromatic nitrogens is 2. The standard InChI is InChI=1S/C11H18F3N5O/c1-4-5-19(6-11(12,13)14)10-8(9(15)17-20)7(2)16-18(10)3/h20H,4-6H2,1-3H3,(H2,15,17). The first kappa shape index (κ1) is 16.1. The molecule has 3 N–H and O–H groups in total. The Hall–Kier alpha value is -1.93. The van der Waals surface area contributed by atoms with E-state index in [0.717, 1.165) is 4.90 Å². The monoisotopic (exact) mass is 293 g/mol. The number of amidine groups is 1. The van der Waals surface area contributed by atoms with Crippen molar-refractivity contribution in [2.45, 2.75) is 26.4 Å². The highest BCUT2D eigenvalue weighted by Gasteiger charge is 2.33. The second kappa shape index (κ2) is 6.02. The van der Waals surface area contributed by atoms with Gasteiger partial charge in [-0.05, 0) is 13.3 Å². The minimum atomic E-state index is -4.35. The van der Waals surface area contributed by atoms with Crippen LogP contribution in [0, 0.1) is 6.92 Å². The third kappa shape index (κ3) is 3.55. The van der Waals surface area contributed by atoms with Gasteiger partial charge in [0.05, 0.1) is 11.3 Å². The molecular formula is C11H18F3N5O. The van der Waals surface area contributed by atoms with Gasteiger partial charge < -0.3 is 15.8 Å². The molecule has 9 heteroatoms. The van der Waals surface area contributed by atoms with Crippen LogP contribution in [-0.4, -0.2) is 40.1 Å². The molecule has 1 aromatic rings. The number of rotatable bonds is 5. The summed E-state index contributed by atoms with van der Waals surface area (Å²) in [6.07, 6.45) is -3.83. The molecule has 1 aromatic heterocycles. The average Bonchev–Trinajstić information content (AvgIpc) is 2.61. The highest BCUT2D eigenvalue weighted by atomic mass is 19.4. The Morgan fingerprint density at radius 3 is 2.55 bits per heavy atom. The Bertz CT molecular complexity index is 495. The van der Waals surface area contributed by atoms with Crippen molar-refractivity contribution in [3.05, 3.63) is 11.3 Å². The maximum Gasteiger partial charge on any atom is 0.405 e. The normalized spacial score (nSPS) is 12.8. The summed E-state index contributed by atoms with van der Waals surface area (Å²) in [5.41, 5.74) is 6.16. The number of halogens is 3. The number of hydrogen-bond donors (Lipinski definition) is 2. The van der Waals surface area contributed by atoms with E-state index in [2.05, 4.69) is 10.3 Å². The molecule has 114 valence electrons. The molecule has 0 fully saturated rings. The molecule has 20 heavy (non-hydrogen) atoms. The summed E-state index contributed by atoms with van der Waals surface area (Å²) < 4.78 is 39.4. The van der Waals surface area contributed by atoms with Crippen LogP contribution >= 0.6 is 0 Å². The molecule has 0 amide bonds. The fourth-order valence-corrected chi connectivity index (χ4v) is 2.10. The van der Waals surface area contributed by atoms with Crippen LogP contribution < -0.4 is 10.6 Å². The highest BCUT2D eigenvalue weighted by Crippen LogP contribution is 2.27. The van der Waals surface area contributed by atoms with Crippen molar-refractivity contribution < 1.29 is 18.4 Å². The summed E-state index contributed by atoms with van der Waals surface area (Å²) in [5.74, 6) is -0.0640. The lowest BCUT2D eigenvalue weighted by Gasteiger charge is -2.26. The van der Waals surface area contributed by atoms with Crippen LogP contribution in [0.2, 0.25) is 0 Å². The molecule has 1 heterocycles. The molecule has 1 rings (SSSR count). The van der Waals surface area contributed by atoms with E-state index in [1.807, 2.05) is 0 Å². The van der Waals surface area contributed by atoms with Gasteiger partial charge in [0.2, 0.25) is 0 Å². The Kier molecular flexibility index (Phi) is 4.85. The number of anilines is 1. The Morgan fingerprint density at radius 2 is 2.10 bits per heavy atom. The average molecular weight is 293 g/mol. The summed E-state index contributed by atoms with van der Waals surface area (Å²) >= 11 is 0. The number of nitrogens with two attached hydrogens (primary N) is 1. The quantitative estimate of drug-likeness (QED) is 0.374. The van der Waals surface area contributed by atoms with E-state index in [0.29, 0.717) is 12.1 Å². The topological polar surface area (TPSA) is 79.7 Å². The molecule has 0 unspecified atom stereocenters. The molecule has 0 spiro atoms. The number of hydrogen-bond acceptors (Lipinski definition) is 4. The molecule has 0 aliphatic carbocycles. The molecular weight excluding hydrogens is 275 g/mol. The summed E-state index contributed by atoms with van der Waals surface area (Å²) in [7, 11) is 1.52. The number of nitrogens with zero attached hydrogens (tertiary/aromatic N) is 4. The Labute approximate surface area is 114 Å². The van der Waals surface area contributed by atoms with E-state index in [-0.39, 0.29) is 23.8 Å². The van der Waals surface area contributed by atoms with Gasteiger partial charge in [0, 0.05) is 13.6 Å². The molecule has 0 aromatic carbocycles. The second-order valence-corrected chi connectivity index (χ2v) is 4.43. The van der Waals surface area contributed by atoms with Gasteiger partial charge in [-0.3, -0.25) is 4.68 Å². The van der Waals surface area contributed by atoms with Gasteiger partial charge in [-0.2, -0.15) is 18.3 Å². The van der Waals surface area contributed by atoms with Crippen molar-refractivity contribution in [3.8, 4) is 0 Å². The van der Waals surface area contributed by atoms with Crippen LogP contribution in [-0.2, 0) is 7.05 Å². The van der Waals surface area contributed by atoms with Gasteiger partial charge in [0.1, 0.15) is 12.4 Å². The van der Waals surface area contributed by atoms with Crippen molar-refractivity contribution in [1.29, 1.82) is 0 Å². The molecule has 0 saturated carbocycles. The van der Waals surface area contributed by atoms with Gasteiger partial charge in [-0.25, -0.2) is 0 Å². The minimum absolute atomic E-state index is 0.185. The zero-order valence-electron chi connectivity index (χ0n) is 11.6. The summed E-state index contributed by atoms with van der Waals surface area (Å²) in [6, 6.07) is 0. The molecule has 6 nitrogen and oxygen atoms in total. The van der Waals surface area contributed by atoms with Crippen molar-refractivity contribution in [1.82, 2.24) is 9.78 Å². The van der Waals surface area contributed by atoms with Crippen LogP contribution in [0.3, 0.4) is 0 Å². The molecule has 0 aliphatic rings. The first-order chi connectivity index (χ1) is 9.21. The largest absolute Gasteiger partial charge is 0.409 e. The third-order valence-corrected chi connectivity index (χ3v) is 2.72. The summed E-state index contributed by atoms with van der Waals surface area (Å²) in [5, 5.41) is 15.7. The van der Waals surface area contributed by atoms with Gasteiger partial charge in [0.15, 0.2) is 5.84 Å². The number of alkyl halides is 3. The van der Waals surface area contributed by atoms with Crippen LogP contribution in [0.1, 0.15) is 24.6 Å². The maximum absolute atomic E-state index is 12.7.